The number of hydrazine groups is 1. The fourth-order valence-corrected chi connectivity index (χ4v) is 0.892. The molecule has 70 valence electrons. The summed E-state index contributed by atoms with van der Waals surface area (Å²) in [6.07, 6.45) is 0. The number of anilines is 1. The van der Waals surface area contributed by atoms with Crippen molar-refractivity contribution in [2.24, 2.45) is 5.84 Å². The second kappa shape index (κ2) is 3.86. The van der Waals surface area contributed by atoms with Gasteiger partial charge < -0.3 is 5.11 Å². The standard InChI is InChI=1S/C8H9FN2O2/c9-6-2-1-3-7(4-6)11(10)5-8(12)13/h1-4H,5,10H2,(H,12,13). The summed E-state index contributed by atoms with van der Waals surface area (Å²) in [5.74, 6) is 3.84. The number of rotatable bonds is 3. The van der Waals surface area contributed by atoms with Gasteiger partial charge in [0.2, 0.25) is 0 Å². The van der Waals surface area contributed by atoms with Crippen LogP contribution in [0.5, 0.6) is 0 Å². The molecule has 13 heavy (non-hydrogen) atoms. The molecule has 1 aromatic rings. The Kier molecular flexibility index (Phi) is 2.81. The van der Waals surface area contributed by atoms with Crippen LogP contribution in [0.25, 0.3) is 0 Å². The minimum absolute atomic E-state index is 0.336. The molecular weight excluding hydrogens is 175 g/mol. The first-order valence-corrected chi connectivity index (χ1v) is 3.59. The number of halogens is 1. The van der Waals surface area contributed by atoms with Crippen molar-refractivity contribution in [3.63, 3.8) is 0 Å². The molecule has 5 heteroatoms. The Balaban J connectivity index is 2.76. The zero-order chi connectivity index (χ0) is 9.84. The molecule has 0 amide bonds. The fraction of sp³-hybridized carbons (Fsp3) is 0.125. The van der Waals surface area contributed by atoms with E-state index >= 15 is 0 Å². The van der Waals surface area contributed by atoms with Gasteiger partial charge >= 0.3 is 5.97 Å². The lowest BCUT2D eigenvalue weighted by atomic mass is 10.3. The van der Waals surface area contributed by atoms with Gasteiger partial charge in [0, 0.05) is 0 Å². The second-order valence-electron chi connectivity index (χ2n) is 2.50. The van der Waals surface area contributed by atoms with E-state index in [1.807, 2.05) is 0 Å². The van der Waals surface area contributed by atoms with Crippen molar-refractivity contribution < 1.29 is 14.3 Å². The van der Waals surface area contributed by atoms with Gasteiger partial charge in [-0.25, -0.2) is 10.2 Å². The van der Waals surface area contributed by atoms with Crippen molar-refractivity contribution in [3.05, 3.63) is 30.1 Å². The Hall–Kier alpha value is -1.62. The third-order valence-corrected chi connectivity index (χ3v) is 1.45. The van der Waals surface area contributed by atoms with E-state index in [0.717, 1.165) is 5.01 Å². The van der Waals surface area contributed by atoms with Crippen molar-refractivity contribution in [2.75, 3.05) is 11.6 Å². The monoisotopic (exact) mass is 184 g/mol. The Morgan fingerprint density at radius 3 is 2.85 bits per heavy atom. The molecular formula is C8H9FN2O2. The van der Waals surface area contributed by atoms with E-state index < -0.39 is 11.8 Å². The molecule has 4 nitrogen and oxygen atoms in total. The van der Waals surface area contributed by atoms with E-state index in [9.17, 15) is 9.18 Å². The first-order valence-electron chi connectivity index (χ1n) is 3.59. The zero-order valence-electron chi connectivity index (χ0n) is 6.77. The molecule has 0 fully saturated rings. The van der Waals surface area contributed by atoms with E-state index in [1.165, 1.54) is 24.3 Å². The number of carboxylic acid groups (broad SMARTS) is 1. The molecule has 0 atom stereocenters. The van der Waals surface area contributed by atoms with Gasteiger partial charge in [-0.3, -0.25) is 9.80 Å². The van der Waals surface area contributed by atoms with E-state index in [1.54, 1.807) is 0 Å². The van der Waals surface area contributed by atoms with Crippen LogP contribution in [0.4, 0.5) is 10.1 Å². The molecule has 0 unspecified atom stereocenters. The minimum Gasteiger partial charge on any atom is -0.480 e. The van der Waals surface area contributed by atoms with Gasteiger partial charge in [0.25, 0.3) is 0 Å². The highest BCUT2D eigenvalue weighted by molar-refractivity contribution is 5.73. The lowest BCUT2D eigenvalue weighted by Gasteiger charge is -2.15. The third-order valence-electron chi connectivity index (χ3n) is 1.45. The molecule has 0 saturated carbocycles. The lowest BCUT2D eigenvalue weighted by Crippen LogP contribution is -2.35. The summed E-state index contributed by atoms with van der Waals surface area (Å²) in [7, 11) is 0. The number of carbonyl (C=O) groups is 1. The van der Waals surface area contributed by atoms with Crippen LogP contribution in [0.2, 0.25) is 0 Å². The largest absolute Gasteiger partial charge is 0.480 e. The first-order chi connectivity index (χ1) is 6.09. The lowest BCUT2D eigenvalue weighted by molar-refractivity contribution is -0.135. The maximum absolute atomic E-state index is 12.6. The van der Waals surface area contributed by atoms with Gasteiger partial charge in [0.1, 0.15) is 12.4 Å². The average molecular weight is 184 g/mol. The Morgan fingerprint density at radius 2 is 2.31 bits per heavy atom. The fourth-order valence-electron chi connectivity index (χ4n) is 0.892. The van der Waals surface area contributed by atoms with Crippen LogP contribution in [0.3, 0.4) is 0 Å². The summed E-state index contributed by atoms with van der Waals surface area (Å²) >= 11 is 0. The van der Waals surface area contributed by atoms with Gasteiger partial charge in [-0.05, 0) is 18.2 Å². The van der Waals surface area contributed by atoms with Crippen LogP contribution in [-0.2, 0) is 4.79 Å². The van der Waals surface area contributed by atoms with E-state index in [-0.39, 0.29) is 6.54 Å². The van der Waals surface area contributed by atoms with E-state index in [4.69, 9.17) is 10.9 Å². The highest BCUT2D eigenvalue weighted by Crippen LogP contribution is 2.11. The van der Waals surface area contributed by atoms with Crippen LogP contribution >= 0.6 is 0 Å². The summed E-state index contributed by atoms with van der Waals surface area (Å²) in [4.78, 5) is 10.3. The second-order valence-corrected chi connectivity index (χ2v) is 2.50. The number of nitrogens with zero attached hydrogens (tertiary/aromatic N) is 1. The number of nitrogens with two attached hydrogens (primary N) is 1. The Labute approximate surface area is 74.4 Å². The van der Waals surface area contributed by atoms with Crippen molar-refractivity contribution in [1.82, 2.24) is 0 Å². The van der Waals surface area contributed by atoms with Gasteiger partial charge in [-0.1, -0.05) is 6.07 Å². The zero-order valence-corrected chi connectivity index (χ0v) is 6.77. The van der Waals surface area contributed by atoms with Gasteiger partial charge in [0.15, 0.2) is 0 Å². The molecule has 0 aromatic heterocycles. The van der Waals surface area contributed by atoms with Crippen molar-refractivity contribution in [3.8, 4) is 0 Å². The quantitative estimate of drug-likeness (QED) is 0.533. The highest BCUT2D eigenvalue weighted by atomic mass is 19.1. The van der Waals surface area contributed by atoms with Crippen LogP contribution in [0, 0.1) is 5.82 Å². The third kappa shape index (κ3) is 2.72. The number of benzene rings is 1. The van der Waals surface area contributed by atoms with Crippen molar-refractivity contribution in [2.45, 2.75) is 0 Å². The van der Waals surface area contributed by atoms with Crippen LogP contribution in [0.1, 0.15) is 0 Å². The molecule has 0 bridgehead atoms. The molecule has 0 aliphatic heterocycles. The number of hydrogen-bond donors (Lipinski definition) is 2. The van der Waals surface area contributed by atoms with Crippen molar-refractivity contribution >= 4 is 11.7 Å². The van der Waals surface area contributed by atoms with Crippen molar-refractivity contribution in [1.29, 1.82) is 0 Å². The minimum atomic E-state index is -1.06. The molecule has 0 saturated heterocycles. The first kappa shape index (κ1) is 9.47. The predicted octanol–water partition coefficient (Wildman–Crippen LogP) is 0.590. The van der Waals surface area contributed by atoms with E-state index in [2.05, 4.69) is 0 Å². The van der Waals surface area contributed by atoms with Gasteiger partial charge in [-0.2, -0.15) is 0 Å². The summed E-state index contributed by atoms with van der Waals surface area (Å²) < 4.78 is 12.6. The highest BCUT2D eigenvalue weighted by Gasteiger charge is 2.06. The Bertz CT molecular complexity index is 317. The van der Waals surface area contributed by atoms with Gasteiger partial charge in [0.05, 0.1) is 5.69 Å². The van der Waals surface area contributed by atoms with Gasteiger partial charge in [-0.15, -0.1) is 0 Å². The average Bonchev–Trinajstić information content (AvgIpc) is 2.03. The predicted molar refractivity (Wildman–Crippen MR) is 45.6 cm³/mol. The molecule has 0 radical (unpaired) electrons. The molecule has 0 aliphatic carbocycles. The molecule has 1 aromatic carbocycles. The molecule has 0 heterocycles. The van der Waals surface area contributed by atoms with Crippen LogP contribution < -0.4 is 10.9 Å². The summed E-state index contributed by atoms with van der Waals surface area (Å²) in [5, 5.41) is 9.36. The topological polar surface area (TPSA) is 66.6 Å². The molecule has 0 spiro atoms. The Morgan fingerprint density at radius 1 is 1.62 bits per heavy atom. The number of carboxylic acids is 1. The smallest absolute Gasteiger partial charge is 0.324 e. The summed E-state index contributed by atoms with van der Waals surface area (Å²) in [5.41, 5.74) is 0.336. The summed E-state index contributed by atoms with van der Waals surface area (Å²) in [6, 6.07) is 5.43. The molecule has 3 N–H and O–H groups in total. The maximum Gasteiger partial charge on any atom is 0.324 e. The maximum atomic E-state index is 12.6. The normalized spacial score (nSPS) is 9.69. The van der Waals surface area contributed by atoms with Crippen LogP contribution in [0.15, 0.2) is 24.3 Å². The van der Waals surface area contributed by atoms with E-state index in [0.29, 0.717) is 5.69 Å². The molecule has 0 aliphatic rings. The van der Waals surface area contributed by atoms with Crippen LogP contribution in [-0.4, -0.2) is 17.6 Å². The molecule has 1 rings (SSSR count). The number of hydrogen-bond acceptors (Lipinski definition) is 3. The summed E-state index contributed by atoms with van der Waals surface area (Å²) in [6.45, 7) is -0.358. The SMILES string of the molecule is NN(CC(=O)O)c1cccc(F)c1. The number of aliphatic carboxylic acids is 1.